The molecule has 1 fully saturated rings. The van der Waals surface area contributed by atoms with E-state index in [4.69, 9.17) is 0 Å². The SMILES string of the molecule is CCC(C)CN(CC)CCCNC1CCCC1. The Morgan fingerprint density at radius 1 is 1.24 bits per heavy atom. The van der Waals surface area contributed by atoms with Crippen molar-refractivity contribution < 1.29 is 0 Å². The molecule has 0 spiro atoms. The normalized spacial score (nSPS) is 19.1. The molecule has 0 aromatic carbocycles. The average Bonchev–Trinajstić information content (AvgIpc) is 2.85. The van der Waals surface area contributed by atoms with Crippen molar-refractivity contribution in [1.29, 1.82) is 0 Å². The molecule has 1 unspecified atom stereocenters. The summed E-state index contributed by atoms with van der Waals surface area (Å²) in [5.41, 5.74) is 0. The molecule has 1 saturated carbocycles. The first-order chi connectivity index (χ1) is 8.26. The minimum absolute atomic E-state index is 0.833. The minimum Gasteiger partial charge on any atom is -0.314 e. The Labute approximate surface area is 108 Å². The van der Waals surface area contributed by atoms with Crippen molar-refractivity contribution in [1.82, 2.24) is 10.2 Å². The summed E-state index contributed by atoms with van der Waals surface area (Å²) in [5.74, 6) is 0.845. The van der Waals surface area contributed by atoms with E-state index < -0.39 is 0 Å². The molecule has 102 valence electrons. The summed E-state index contributed by atoms with van der Waals surface area (Å²) in [6, 6.07) is 0.833. The summed E-state index contributed by atoms with van der Waals surface area (Å²) in [4.78, 5) is 2.60. The highest BCUT2D eigenvalue weighted by Crippen LogP contribution is 2.17. The van der Waals surface area contributed by atoms with E-state index in [1.165, 1.54) is 64.7 Å². The molecule has 17 heavy (non-hydrogen) atoms. The molecule has 1 atom stereocenters. The van der Waals surface area contributed by atoms with Crippen molar-refractivity contribution in [2.24, 2.45) is 5.92 Å². The molecular formula is C15H32N2. The molecule has 1 aliphatic rings. The van der Waals surface area contributed by atoms with Crippen molar-refractivity contribution in [2.75, 3.05) is 26.2 Å². The second-order valence-corrected chi connectivity index (χ2v) is 5.70. The molecule has 0 aliphatic heterocycles. The lowest BCUT2D eigenvalue weighted by Crippen LogP contribution is -2.33. The topological polar surface area (TPSA) is 15.3 Å². The van der Waals surface area contributed by atoms with Crippen LogP contribution >= 0.6 is 0 Å². The summed E-state index contributed by atoms with van der Waals surface area (Å²) in [5, 5.41) is 3.70. The Balaban J connectivity index is 2.02. The van der Waals surface area contributed by atoms with Crippen LogP contribution in [0.5, 0.6) is 0 Å². The van der Waals surface area contributed by atoms with E-state index >= 15 is 0 Å². The second-order valence-electron chi connectivity index (χ2n) is 5.70. The fourth-order valence-corrected chi connectivity index (χ4v) is 2.69. The third-order valence-electron chi connectivity index (χ3n) is 4.15. The van der Waals surface area contributed by atoms with Gasteiger partial charge in [0, 0.05) is 12.6 Å². The van der Waals surface area contributed by atoms with Crippen molar-refractivity contribution >= 4 is 0 Å². The molecule has 0 amide bonds. The summed E-state index contributed by atoms with van der Waals surface area (Å²) < 4.78 is 0. The highest BCUT2D eigenvalue weighted by molar-refractivity contribution is 4.73. The van der Waals surface area contributed by atoms with E-state index in [9.17, 15) is 0 Å². The minimum atomic E-state index is 0.833. The van der Waals surface area contributed by atoms with Crippen LogP contribution in [0, 0.1) is 5.92 Å². The van der Waals surface area contributed by atoms with Crippen LogP contribution in [0.25, 0.3) is 0 Å². The smallest absolute Gasteiger partial charge is 0.00670 e. The van der Waals surface area contributed by atoms with Gasteiger partial charge in [-0.05, 0) is 44.8 Å². The number of nitrogens with one attached hydrogen (secondary N) is 1. The van der Waals surface area contributed by atoms with Crippen molar-refractivity contribution in [3.63, 3.8) is 0 Å². The van der Waals surface area contributed by atoms with Gasteiger partial charge in [-0.25, -0.2) is 0 Å². The summed E-state index contributed by atoms with van der Waals surface area (Å²) in [7, 11) is 0. The van der Waals surface area contributed by atoms with Crippen molar-refractivity contribution in [2.45, 2.75) is 65.3 Å². The van der Waals surface area contributed by atoms with Gasteiger partial charge in [0.15, 0.2) is 0 Å². The van der Waals surface area contributed by atoms with Crippen LogP contribution in [0.3, 0.4) is 0 Å². The Morgan fingerprint density at radius 3 is 2.53 bits per heavy atom. The molecule has 0 bridgehead atoms. The van der Waals surface area contributed by atoms with Gasteiger partial charge in [0.1, 0.15) is 0 Å². The Morgan fingerprint density at radius 2 is 1.94 bits per heavy atom. The summed E-state index contributed by atoms with van der Waals surface area (Å²) in [6.07, 6.45) is 8.30. The zero-order valence-electron chi connectivity index (χ0n) is 12.2. The monoisotopic (exact) mass is 240 g/mol. The van der Waals surface area contributed by atoms with Crippen LogP contribution < -0.4 is 5.32 Å². The quantitative estimate of drug-likeness (QED) is 0.622. The molecule has 2 nitrogen and oxygen atoms in total. The number of hydrogen-bond acceptors (Lipinski definition) is 2. The van der Waals surface area contributed by atoms with Gasteiger partial charge in [-0.2, -0.15) is 0 Å². The standard InChI is InChI=1S/C15H32N2/c1-4-14(3)13-17(5-2)12-8-11-16-15-9-6-7-10-15/h14-16H,4-13H2,1-3H3. The highest BCUT2D eigenvalue weighted by atomic mass is 15.1. The molecule has 0 saturated heterocycles. The Hall–Kier alpha value is -0.0800. The predicted octanol–water partition coefficient (Wildman–Crippen LogP) is 3.28. The van der Waals surface area contributed by atoms with E-state index in [1.54, 1.807) is 0 Å². The zero-order valence-corrected chi connectivity index (χ0v) is 12.2. The highest BCUT2D eigenvalue weighted by Gasteiger charge is 2.13. The van der Waals surface area contributed by atoms with Crippen LogP contribution in [0.4, 0.5) is 0 Å². The van der Waals surface area contributed by atoms with E-state index in [1.807, 2.05) is 0 Å². The summed E-state index contributed by atoms with van der Waals surface area (Å²) >= 11 is 0. The van der Waals surface area contributed by atoms with Gasteiger partial charge in [0.25, 0.3) is 0 Å². The third kappa shape index (κ3) is 6.42. The fourth-order valence-electron chi connectivity index (χ4n) is 2.69. The maximum Gasteiger partial charge on any atom is 0.00670 e. The van der Waals surface area contributed by atoms with Gasteiger partial charge in [0.05, 0.1) is 0 Å². The van der Waals surface area contributed by atoms with Crippen LogP contribution in [-0.2, 0) is 0 Å². The first-order valence-electron chi connectivity index (χ1n) is 7.72. The van der Waals surface area contributed by atoms with E-state index in [0.29, 0.717) is 0 Å². The van der Waals surface area contributed by atoms with Gasteiger partial charge in [-0.15, -0.1) is 0 Å². The zero-order chi connectivity index (χ0) is 12.5. The van der Waals surface area contributed by atoms with Crippen LogP contribution in [0.15, 0.2) is 0 Å². The van der Waals surface area contributed by atoms with Gasteiger partial charge < -0.3 is 10.2 Å². The number of nitrogens with zero attached hydrogens (tertiary/aromatic N) is 1. The van der Waals surface area contributed by atoms with Gasteiger partial charge >= 0.3 is 0 Å². The first-order valence-corrected chi connectivity index (χ1v) is 7.72. The number of hydrogen-bond donors (Lipinski definition) is 1. The predicted molar refractivity (Wildman–Crippen MR) is 76.4 cm³/mol. The van der Waals surface area contributed by atoms with Crippen molar-refractivity contribution in [3.8, 4) is 0 Å². The lowest BCUT2D eigenvalue weighted by atomic mass is 10.1. The largest absolute Gasteiger partial charge is 0.314 e. The van der Waals surface area contributed by atoms with Gasteiger partial charge in [0.2, 0.25) is 0 Å². The van der Waals surface area contributed by atoms with Crippen LogP contribution in [0.2, 0.25) is 0 Å². The molecular weight excluding hydrogens is 208 g/mol. The average molecular weight is 240 g/mol. The Kier molecular flexibility index (Phi) is 7.87. The molecule has 1 N–H and O–H groups in total. The molecule has 0 aromatic rings. The molecule has 0 heterocycles. The van der Waals surface area contributed by atoms with Crippen LogP contribution in [0.1, 0.15) is 59.3 Å². The second kappa shape index (κ2) is 8.93. The number of rotatable bonds is 9. The molecule has 0 aromatic heterocycles. The summed E-state index contributed by atoms with van der Waals surface area (Å²) in [6.45, 7) is 11.9. The third-order valence-corrected chi connectivity index (χ3v) is 4.15. The molecule has 1 rings (SSSR count). The van der Waals surface area contributed by atoms with E-state index in [0.717, 1.165) is 12.0 Å². The van der Waals surface area contributed by atoms with E-state index in [-0.39, 0.29) is 0 Å². The first kappa shape index (κ1) is 15.0. The van der Waals surface area contributed by atoms with E-state index in [2.05, 4.69) is 31.0 Å². The molecule has 2 heteroatoms. The van der Waals surface area contributed by atoms with Gasteiger partial charge in [-0.3, -0.25) is 0 Å². The molecule has 0 radical (unpaired) electrons. The fraction of sp³-hybridized carbons (Fsp3) is 1.00. The van der Waals surface area contributed by atoms with Crippen LogP contribution in [-0.4, -0.2) is 37.1 Å². The Bertz CT molecular complexity index is 176. The van der Waals surface area contributed by atoms with Gasteiger partial charge in [-0.1, -0.05) is 40.0 Å². The molecule has 1 aliphatic carbocycles. The maximum atomic E-state index is 3.70. The maximum absolute atomic E-state index is 3.70. The van der Waals surface area contributed by atoms with Crippen molar-refractivity contribution in [3.05, 3.63) is 0 Å². The lowest BCUT2D eigenvalue weighted by Gasteiger charge is -2.24. The lowest BCUT2D eigenvalue weighted by molar-refractivity contribution is 0.241.